The Morgan fingerprint density at radius 3 is 2.05 bits per heavy atom. The van der Waals surface area contributed by atoms with E-state index in [-0.39, 0.29) is 49.1 Å². The molecule has 1 radical (unpaired) electrons. The summed E-state index contributed by atoms with van der Waals surface area (Å²) in [5.41, 5.74) is 14.7. The zero-order valence-corrected chi connectivity index (χ0v) is 47.2. The van der Waals surface area contributed by atoms with Gasteiger partial charge >= 0.3 is 5.97 Å². The molecular formula is C58H75N10O15. The summed E-state index contributed by atoms with van der Waals surface area (Å²) in [7, 11) is 6.26. The smallest absolute Gasteiger partial charge is 0.307 e. The van der Waals surface area contributed by atoms with Crippen molar-refractivity contribution in [3.63, 3.8) is 0 Å². The van der Waals surface area contributed by atoms with Crippen molar-refractivity contribution < 1.29 is 73.5 Å². The van der Waals surface area contributed by atoms with Crippen LogP contribution in [0.4, 0.5) is 5.69 Å². The lowest BCUT2D eigenvalue weighted by Crippen LogP contribution is -2.40. The summed E-state index contributed by atoms with van der Waals surface area (Å²) >= 11 is 0. The van der Waals surface area contributed by atoms with Crippen LogP contribution in [0.2, 0.25) is 0 Å². The molecule has 1 aliphatic heterocycles. The molecule has 9 rings (SSSR count). The van der Waals surface area contributed by atoms with Crippen molar-refractivity contribution >= 4 is 40.2 Å². The van der Waals surface area contributed by atoms with Crippen molar-refractivity contribution in [1.29, 1.82) is 0 Å². The van der Waals surface area contributed by atoms with E-state index in [1.165, 1.54) is 27.4 Å². The van der Waals surface area contributed by atoms with Crippen LogP contribution in [-0.2, 0) is 22.7 Å². The second-order valence-electron chi connectivity index (χ2n) is 19.3. The highest BCUT2D eigenvalue weighted by Gasteiger charge is 2.48. The molecule has 0 unspecified atom stereocenters. The molecule has 5 aromatic carbocycles. The number of methoxy groups -OCH3 is 3. The Balaban J connectivity index is 0.000000201. The van der Waals surface area contributed by atoms with E-state index in [2.05, 4.69) is 44.9 Å². The number of nitrogens with one attached hydrogen (secondary N) is 7. The van der Waals surface area contributed by atoms with Crippen LogP contribution >= 0.6 is 0 Å². The summed E-state index contributed by atoms with van der Waals surface area (Å²) in [5, 5.41) is 77.3. The molecule has 3 aliphatic rings. The molecule has 25 heteroatoms. The zero-order chi connectivity index (χ0) is 60.3. The number of aliphatic hydroxyl groups excluding tert-OH is 4. The normalized spacial score (nSPS) is 15.9. The van der Waals surface area contributed by atoms with Gasteiger partial charge in [0.05, 0.1) is 69.8 Å². The molecular weight excluding hydrogens is 1080 g/mol. The zero-order valence-electron chi connectivity index (χ0n) is 47.2. The Hall–Kier alpha value is -8.11. The number of hydrogen-bond donors (Lipinski definition) is 14. The number of hydrogen-bond acceptors (Lipinski definition) is 21. The molecule has 4 atom stereocenters. The maximum Gasteiger partial charge on any atom is 0.307 e. The van der Waals surface area contributed by atoms with Crippen molar-refractivity contribution in [1.82, 2.24) is 42.0 Å². The molecule has 83 heavy (non-hydrogen) atoms. The summed E-state index contributed by atoms with van der Waals surface area (Å²) < 4.78 is 29.1. The van der Waals surface area contributed by atoms with Crippen LogP contribution in [0.1, 0.15) is 74.4 Å². The fourth-order valence-corrected chi connectivity index (χ4v) is 9.88. The predicted molar refractivity (Wildman–Crippen MR) is 308 cm³/mol. The Morgan fingerprint density at radius 1 is 0.843 bits per heavy atom. The summed E-state index contributed by atoms with van der Waals surface area (Å²) in [6.45, 7) is 10.6. The van der Waals surface area contributed by atoms with E-state index in [1.807, 2.05) is 68.0 Å². The van der Waals surface area contributed by atoms with E-state index in [0.29, 0.717) is 113 Å². The van der Waals surface area contributed by atoms with Crippen molar-refractivity contribution in [2.24, 2.45) is 17.7 Å². The number of carboxylic acid groups (broad SMARTS) is 1. The molecule has 0 saturated heterocycles. The van der Waals surface area contributed by atoms with Gasteiger partial charge in [-0.15, -0.1) is 0 Å². The molecule has 0 spiro atoms. The number of fused-ring (bicyclic) bond motifs is 4. The number of ether oxygens (including phenoxy) is 5. The van der Waals surface area contributed by atoms with Gasteiger partial charge in [0.25, 0.3) is 5.91 Å². The van der Waals surface area contributed by atoms with E-state index >= 15 is 0 Å². The SMILES string of the molecule is CNNCc1ccc(C(=O)NC(C)C)cc1.COc1cc([C@@H]2c3cc4c(cc3[C@H](O)[C@@H](CO)[C@@H]2C(=O)O)OCO4)cc(OC)c1OC.O=C1c2c(O)cccc2-c2nn(CCNCCO)c3ccc(NCCNCCO)c1c23.[CH2]C(=O)NN. The highest BCUT2D eigenvalue weighted by molar-refractivity contribution is 6.28. The van der Waals surface area contributed by atoms with E-state index in [4.69, 9.17) is 39.0 Å². The van der Waals surface area contributed by atoms with Gasteiger partial charge in [-0.1, -0.05) is 24.3 Å². The lowest BCUT2D eigenvalue weighted by molar-refractivity contribution is -0.148. The molecule has 0 fully saturated rings. The second kappa shape index (κ2) is 30.8. The average molecular weight is 1150 g/mol. The van der Waals surface area contributed by atoms with E-state index in [1.54, 1.807) is 35.8 Å². The first-order valence-electron chi connectivity index (χ1n) is 26.7. The highest BCUT2D eigenvalue weighted by Crippen LogP contribution is 2.54. The highest BCUT2D eigenvalue weighted by atomic mass is 16.7. The van der Waals surface area contributed by atoms with E-state index in [9.17, 15) is 39.6 Å². The number of nitrogens with two attached hydrogens (primary N) is 1. The van der Waals surface area contributed by atoms with Crippen molar-refractivity contribution in [3.8, 4) is 45.8 Å². The maximum atomic E-state index is 13.5. The van der Waals surface area contributed by atoms with Gasteiger partial charge in [0.15, 0.2) is 28.8 Å². The number of carboxylic acids is 1. The average Bonchev–Trinajstić information content (AvgIpc) is 2.40. The lowest BCUT2D eigenvalue weighted by Gasteiger charge is -2.40. The third kappa shape index (κ3) is 15.3. The lowest BCUT2D eigenvalue weighted by atomic mass is 9.65. The number of carbonyl (C=O) groups excluding carboxylic acids is 3. The van der Waals surface area contributed by atoms with Gasteiger partial charge in [-0.05, 0) is 97.7 Å². The van der Waals surface area contributed by atoms with Gasteiger partial charge in [0.2, 0.25) is 18.4 Å². The van der Waals surface area contributed by atoms with Crippen molar-refractivity contribution in [3.05, 3.63) is 125 Å². The quantitative estimate of drug-likeness (QED) is 0.0200. The summed E-state index contributed by atoms with van der Waals surface area (Å²) in [4.78, 5) is 46.9. The van der Waals surface area contributed by atoms with Gasteiger partial charge in [0, 0.05) is 92.9 Å². The minimum absolute atomic E-state index is 0.0249. The van der Waals surface area contributed by atoms with Crippen LogP contribution in [-0.4, -0.2) is 158 Å². The number of hydrazine groups is 2. The number of anilines is 1. The molecule has 2 heterocycles. The monoisotopic (exact) mass is 1150 g/mol. The Bertz CT molecular complexity index is 3150. The van der Waals surface area contributed by atoms with Crippen molar-refractivity contribution in [2.45, 2.75) is 45.0 Å². The van der Waals surface area contributed by atoms with Gasteiger partial charge in [-0.2, -0.15) is 5.10 Å². The molecule has 0 bridgehead atoms. The number of ketones is 1. The van der Waals surface area contributed by atoms with Crippen molar-refractivity contribution in [2.75, 3.05) is 93.0 Å². The first-order valence-corrected chi connectivity index (χ1v) is 26.7. The number of benzene rings is 5. The molecule has 15 N–H and O–H groups in total. The molecule has 6 aromatic rings. The fraction of sp³-hybridized carbons (Fsp3) is 0.379. The second-order valence-corrected chi connectivity index (χ2v) is 19.3. The van der Waals surface area contributed by atoms with Crippen LogP contribution < -0.4 is 67.1 Å². The number of aromatic hydroxyl groups is 1. The van der Waals surface area contributed by atoms with Crippen LogP contribution in [0.5, 0.6) is 34.5 Å². The number of amides is 2. The van der Waals surface area contributed by atoms with Gasteiger partial charge in [-0.3, -0.25) is 40.1 Å². The number of aromatic nitrogens is 2. The number of aliphatic hydroxyl groups is 4. The Labute approximate surface area is 480 Å². The predicted octanol–water partition coefficient (Wildman–Crippen LogP) is 2.32. The van der Waals surface area contributed by atoms with Crippen LogP contribution in [0.25, 0.3) is 22.2 Å². The number of aliphatic carboxylic acids is 1. The number of phenols is 1. The maximum absolute atomic E-state index is 13.5. The van der Waals surface area contributed by atoms with E-state index < -0.39 is 42.3 Å². The van der Waals surface area contributed by atoms with Crippen LogP contribution in [0.3, 0.4) is 0 Å². The molecule has 0 saturated carbocycles. The summed E-state index contributed by atoms with van der Waals surface area (Å²) in [5.74, 6) is 1.87. The summed E-state index contributed by atoms with van der Waals surface area (Å²) in [6, 6.07) is 23.3. The third-order valence-corrected chi connectivity index (χ3v) is 13.6. The minimum atomic E-state index is -1.19. The third-order valence-electron chi connectivity index (χ3n) is 13.6. The number of nitrogens with zero attached hydrogens (tertiary/aromatic N) is 2. The Morgan fingerprint density at radius 2 is 1.48 bits per heavy atom. The number of carbonyl (C=O) groups is 4. The Kier molecular flexibility index (Phi) is 23.8. The molecule has 25 nitrogen and oxygen atoms in total. The topological polar surface area (TPSA) is 364 Å². The number of rotatable bonds is 22. The minimum Gasteiger partial charge on any atom is -0.507 e. The van der Waals surface area contributed by atoms with Crippen LogP contribution in [0, 0.1) is 18.8 Å². The summed E-state index contributed by atoms with van der Waals surface area (Å²) in [6.07, 6.45) is -1.19. The van der Waals surface area contributed by atoms with Gasteiger partial charge in [-0.25, -0.2) is 5.84 Å². The van der Waals surface area contributed by atoms with Gasteiger partial charge < -0.3 is 75.6 Å². The van der Waals surface area contributed by atoms with Crippen LogP contribution in [0.15, 0.2) is 78.9 Å². The molecule has 447 valence electrons. The fourth-order valence-electron chi connectivity index (χ4n) is 9.88. The first-order chi connectivity index (χ1) is 40.0. The first kappa shape index (κ1) is 64.1. The van der Waals surface area contributed by atoms with E-state index in [0.717, 1.165) is 23.0 Å². The molecule has 2 aliphatic carbocycles. The van der Waals surface area contributed by atoms with Gasteiger partial charge in [0.1, 0.15) is 11.4 Å². The number of phenolic OH excluding ortho intramolecular Hbond substituents is 1. The standard InChI is InChI=1S/C22H27N5O4.C22H24O9.C12H19N3O.C2H5N2O/c28-12-9-23-6-7-25-15-4-5-16-20-19(15)22(31)18-14(2-1-3-17(18)30)21(20)26-27(16)11-8-24-10-13-29;1-27-16-4-10(5-17(28-2)21(16)29-3)18-11-6-14-15(31-9-30-14)7-12(11)20(24)13(8-23)19(18)22(25)26;1-9(2)15-12(16)11-6-4-10(5-7-11)8-14-13-3;1-2(5)4-3/h1-5,23-25,28-30H,6-13H2;4-7,13,18-20,23-24H,8-9H2,1-3H3,(H,25,26);4-7,9,13-14H,8H2,1-3H3,(H,15,16);1,3H2,(H,4,5)/t;13-,18+,19-,20-;;/m.0../s1. The largest absolute Gasteiger partial charge is 0.507 e. The molecule has 2 amide bonds. The molecule has 1 aromatic heterocycles.